The quantitative estimate of drug-likeness (QED) is 0.624. The molecule has 0 saturated heterocycles. The third-order valence-corrected chi connectivity index (χ3v) is 2.23. The Labute approximate surface area is 80.1 Å². The van der Waals surface area contributed by atoms with E-state index in [0.29, 0.717) is 11.3 Å². The molecule has 1 aliphatic heterocycles. The number of fused-ring (bicyclic) bond motifs is 1. The molecule has 0 atom stereocenters. The minimum absolute atomic E-state index is 0.0219. The summed E-state index contributed by atoms with van der Waals surface area (Å²) in [5, 5.41) is 0. The second-order valence-electron chi connectivity index (χ2n) is 3.19. The number of carbonyl (C=O) groups excluding carboxylic acids is 2. The van der Waals surface area contributed by atoms with Gasteiger partial charge in [0.15, 0.2) is 5.78 Å². The average molecular weight is 193 g/mol. The Morgan fingerprint density at radius 3 is 2.86 bits per heavy atom. The molecule has 1 aromatic carbocycles. The molecule has 0 bridgehead atoms. The normalized spacial score (nSPS) is 14.4. The van der Waals surface area contributed by atoms with Crippen LogP contribution in [0.5, 0.6) is 0 Å². The SMILES string of the molecule is CC(=O)N1CC(=O)c2ccc(F)cc21. The highest BCUT2D eigenvalue weighted by Gasteiger charge is 2.29. The van der Waals surface area contributed by atoms with Crippen molar-refractivity contribution in [3.05, 3.63) is 29.6 Å². The van der Waals surface area contributed by atoms with Crippen LogP contribution in [0.4, 0.5) is 10.1 Å². The lowest BCUT2D eigenvalue weighted by Gasteiger charge is -2.12. The van der Waals surface area contributed by atoms with E-state index in [0.717, 1.165) is 0 Å². The number of nitrogens with zero attached hydrogens (tertiary/aromatic N) is 1. The van der Waals surface area contributed by atoms with Gasteiger partial charge in [-0.15, -0.1) is 0 Å². The predicted octanol–water partition coefficient (Wildman–Crippen LogP) is 1.37. The van der Waals surface area contributed by atoms with Gasteiger partial charge in [0.2, 0.25) is 5.91 Å². The third-order valence-electron chi connectivity index (χ3n) is 2.23. The molecule has 3 nitrogen and oxygen atoms in total. The van der Waals surface area contributed by atoms with Crippen molar-refractivity contribution in [3.63, 3.8) is 0 Å². The van der Waals surface area contributed by atoms with Gasteiger partial charge in [0.25, 0.3) is 0 Å². The molecule has 1 aliphatic rings. The van der Waals surface area contributed by atoms with Crippen molar-refractivity contribution in [2.75, 3.05) is 11.4 Å². The van der Waals surface area contributed by atoms with E-state index in [1.54, 1.807) is 0 Å². The summed E-state index contributed by atoms with van der Waals surface area (Å²) >= 11 is 0. The van der Waals surface area contributed by atoms with E-state index in [2.05, 4.69) is 0 Å². The largest absolute Gasteiger partial charge is 0.304 e. The molecule has 72 valence electrons. The van der Waals surface area contributed by atoms with Crippen LogP contribution in [-0.4, -0.2) is 18.2 Å². The first kappa shape index (κ1) is 8.87. The second kappa shape index (κ2) is 2.90. The summed E-state index contributed by atoms with van der Waals surface area (Å²) in [5.74, 6) is -0.831. The zero-order valence-electron chi connectivity index (χ0n) is 7.58. The number of halogens is 1. The van der Waals surface area contributed by atoms with E-state index in [4.69, 9.17) is 0 Å². The Balaban J connectivity index is 2.56. The highest BCUT2D eigenvalue weighted by molar-refractivity contribution is 6.15. The Bertz CT molecular complexity index is 428. The lowest BCUT2D eigenvalue weighted by molar-refractivity contribution is -0.116. The first-order chi connectivity index (χ1) is 6.59. The second-order valence-corrected chi connectivity index (χ2v) is 3.19. The fourth-order valence-electron chi connectivity index (χ4n) is 1.56. The summed E-state index contributed by atoms with van der Waals surface area (Å²) in [7, 11) is 0. The van der Waals surface area contributed by atoms with Crippen molar-refractivity contribution >= 4 is 17.4 Å². The fourth-order valence-corrected chi connectivity index (χ4v) is 1.56. The molecular weight excluding hydrogens is 185 g/mol. The summed E-state index contributed by atoms with van der Waals surface area (Å²) in [5.41, 5.74) is 0.795. The van der Waals surface area contributed by atoms with Crippen LogP contribution in [0.1, 0.15) is 17.3 Å². The molecule has 1 amide bonds. The highest BCUT2D eigenvalue weighted by Crippen LogP contribution is 2.28. The van der Waals surface area contributed by atoms with Gasteiger partial charge < -0.3 is 4.90 Å². The van der Waals surface area contributed by atoms with Crippen LogP contribution in [0.25, 0.3) is 0 Å². The number of rotatable bonds is 0. The predicted molar refractivity (Wildman–Crippen MR) is 48.8 cm³/mol. The molecule has 4 heteroatoms. The van der Waals surface area contributed by atoms with Crippen molar-refractivity contribution in [1.29, 1.82) is 0 Å². The Morgan fingerprint density at radius 2 is 2.21 bits per heavy atom. The molecule has 1 heterocycles. The first-order valence-electron chi connectivity index (χ1n) is 4.20. The molecule has 0 radical (unpaired) electrons. The minimum atomic E-state index is -0.440. The van der Waals surface area contributed by atoms with Crippen molar-refractivity contribution in [2.45, 2.75) is 6.92 Å². The molecule has 0 aliphatic carbocycles. The summed E-state index contributed by atoms with van der Waals surface area (Å²) in [4.78, 5) is 23.8. The van der Waals surface area contributed by atoms with Crippen molar-refractivity contribution in [3.8, 4) is 0 Å². The van der Waals surface area contributed by atoms with Crippen LogP contribution in [0.3, 0.4) is 0 Å². The molecule has 0 N–H and O–H groups in total. The van der Waals surface area contributed by atoms with Crippen LogP contribution in [0.2, 0.25) is 0 Å². The van der Waals surface area contributed by atoms with Crippen LogP contribution < -0.4 is 4.90 Å². The van der Waals surface area contributed by atoms with Crippen LogP contribution in [0.15, 0.2) is 18.2 Å². The van der Waals surface area contributed by atoms with Crippen LogP contribution in [0, 0.1) is 5.82 Å². The number of benzene rings is 1. The lowest BCUT2D eigenvalue weighted by Crippen LogP contribution is -2.27. The molecule has 0 aromatic heterocycles. The van der Waals surface area contributed by atoms with E-state index < -0.39 is 5.82 Å². The Hall–Kier alpha value is -1.71. The fraction of sp³-hybridized carbons (Fsp3) is 0.200. The van der Waals surface area contributed by atoms with Gasteiger partial charge in [0.05, 0.1) is 12.2 Å². The number of carbonyl (C=O) groups is 2. The van der Waals surface area contributed by atoms with Crippen LogP contribution in [-0.2, 0) is 4.79 Å². The maximum absolute atomic E-state index is 12.9. The molecular formula is C10H8FNO2. The van der Waals surface area contributed by atoms with Gasteiger partial charge in [0.1, 0.15) is 5.82 Å². The summed E-state index contributed by atoms with van der Waals surface area (Å²) in [6, 6.07) is 3.85. The molecule has 1 aromatic rings. The summed E-state index contributed by atoms with van der Waals surface area (Å²) < 4.78 is 12.9. The number of amides is 1. The third kappa shape index (κ3) is 1.19. The maximum Gasteiger partial charge on any atom is 0.224 e. The van der Waals surface area contributed by atoms with Gasteiger partial charge in [-0.3, -0.25) is 9.59 Å². The summed E-state index contributed by atoms with van der Waals surface area (Å²) in [6.07, 6.45) is 0. The van der Waals surface area contributed by atoms with E-state index in [1.807, 2.05) is 0 Å². The van der Waals surface area contributed by atoms with E-state index >= 15 is 0 Å². The van der Waals surface area contributed by atoms with Gasteiger partial charge in [-0.05, 0) is 18.2 Å². The van der Waals surface area contributed by atoms with Gasteiger partial charge in [-0.2, -0.15) is 0 Å². The van der Waals surface area contributed by atoms with E-state index in [9.17, 15) is 14.0 Å². The number of hydrogen-bond donors (Lipinski definition) is 0. The number of Topliss-reactive ketones (excluding diaryl/α,β-unsaturated/α-hetero) is 1. The van der Waals surface area contributed by atoms with E-state index in [-0.39, 0.29) is 18.2 Å². The standard InChI is InChI=1S/C10H8FNO2/c1-6(13)12-5-10(14)8-3-2-7(11)4-9(8)12/h2-4H,5H2,1H3. The zero-order valence-corrected chi connectivity index (χ0v) is 7.58. The van der Waals surface area contributed by atoms with Gasteiger partial charge in [-0.1, -0.05) is 0 Å². The van der Waals surface area contributed by atoms with Gasteiger partial charge in [0, 0.05) is 12.5 Å². The van der Waals surface area contributed by atoms with Crippen molar-refractivity contribution < 1.29 is 14.0 Å². The topological polar surface area (TPSA) is 37.4 Å². The number of anilines is 1. The zero-order chi connectivity index (χ0) is 10.3. The van der Waals surface area contributed by atoms with Crippen molar-refractivity contribution in [1.82, 2.24) is 0 Å². The number of hydrogen-bond acceptors (Lipinski definition) is 2. The lowest BCUT2D eigenvalue weighted by atomic mass is 10.1. The molecule has 2 rings (SSSR count). The average Bonchev–Trinajstić information content (AvgIpc) is 2.43. The molecule has 0 saturated carbocycles. The molecule has 0 spiro atoms. The molecule has 0 fully saturated rings. The minimum Gasteiger partial charge on any atom is -0.304 e. The van der Waals surface area contributed by atoms with Gasteiger partial charge >= 0.3 is 0 Å². The monoisotopic (exact) mass is 193 g/mol. The summed E-state index contributed by atoms with van der Waals surface area (Å²) in [6.45, 7) is 1.38. The molecule has 0 unspecified atom stereocenters. The first-order valence-corrected chi connectivity index (χ1v) is 4.20. The molecule has 14 heavy (non-hydrogen) atoms. The van der Waals surface area contributed by atoms with E-state index in [1.165, 1.54) is 30.0 Å². The van der Waals surface area contributed by atoms with Gasteiger partial charge in [-0.25, -0.2) is 4.39 Å². The highest BCUT2D eigenvalue weighted by atomic mass is 19.1. The van der Waals surface area contributed by atoms with Crippen molar-refractivity contribution in [2.24, 2.45) is 0 Å². The van der Waals surface area contributed by atoms with Crippen LogP contribution >= 0.6 is 0 Å². The Morgan fingerprint density at radius 1 is 1.50 bits per heavy atom. The Kier molecular flexibility index (Phi) is 1.84. The maximum atomic E-state index is 12.9. The number of ketones is 1. The smallest absolute Gasteiger partial charge is 0.224 e.